The molecule has 440 valence electrons. The Hall–Kier alpha value is -5.91. The minimum absolute atomic E-state index is 0.0193. The molecule has 5 aliphatic heterocycles. The summed E-state index contributed by atoms with van der Waals surface area (Å²) in [5, 5.41) is 16.4. The van der Waals surface area contributed by atoms with E-state index in [1.165, 1.54) is 18.1 Å². The number of nitro benzene ring substituents is 1. The molecule has 3 aromatic carbocycles. The molecule has 82 heavy (non-hydrogen) atoms. The van der Waals surface area contributed by atoms with Crippen LogP contribution in [-0.4, -0.2) is 132 Å². The number of nitro groups is 1. The topological polar surface area (TPSA) is 260 Å². The van der Waals surface area contributed by atoms with E-state index in [1.807, 2.05) is 36.3 Å². The van der Waals surface area contributed by atoms with E-state index in [-0.39, 0.29) is 79.0 Å². The molecule has 0 bridgehead atoms. The molecule has 5 N–H and O–H groups in total. The average Bonchev–Trinajstić information content (AvgIpc) is 3.82. The molecule has 5 aromatic rings. The van der Waals surface area contributed by atoms with Crippen molar-refractivity contribution in [2.75, 3.05) is 61.7 Å². The van der Waals surface area contributed by atoms with Crippen molar-refractivity contribution in [1.82, 2.24) is 19.6 Å². The third-order valence-corrected chi connectivity index (χ3v) is 21.1. The van der Waals surface area contributed by atoms with E-state index in [0.717, 1.165) is 81.4 Å². The number of phosphoric ester groups is 1. The molecule has 7 aliphatic rings. The summed E-state index contributed by atoms with van der Waals surface area (Å²) < 4.78 is 88.9. The number of H-pyrrole nitrogens is 1. The van der Waals surface area contributed by atoms with Gasteiger partial charge in [-0.3, -0.25) is 24.3 Å². The van der Waals surface area contributed by atoms with Crippen LogP contribution in [0.25, 0.3) is 11.0 Å². The van der Waals surface area contributed by atoms with Crippen molar-refractivity contribution in [3.8, 4) is 11.6 Å². The summed E-state index contributed by atoms with van der Waals surface area (Å²) in [4.78, 5) is 60.2. The second kappa shape index (κ2) is 21.0. The van der Waals surface area contributed by atoms with Crippen molar-refractivity contribution in [2.24, 2.45) is 5.41 Å². The van der Waals surface area contributed by atoms with Crippen LogP contribution in [0.3, 0.4) is 0 Å². The van der Waals surface area contributed by atoms with Crippen LogP contribution >= 0.6 is 7.82 Å². The minimum atomic E-state index is -4.87. The highest BCUT2D eigenvalue weighted by Crippen LogP contribution is 2.56. The molecule has 12 rings (SSSR count). The van der Waals surface area contributed by atoms with Gasteiger partial charge in [0.1, 0.15) is 29.7 Å². The highest BCUT2D eigenvalue weighted by atomic mass is 32.2. The summed E-state index contributed by atoms with van der Waals surface area (Å²) >= 11 is 0. The number of phosphoric acid groups is 1. The number of likely N-dealkylation sites (tertiary alicyclic amines) is 1. The lowest BCUT2D eigenvalue weighted by Crippen LogP contribution is -2.58. The largest absolute Gasteiger partial charge is 0.489 e. The fraction of sp³-hybridized carbons (Fsp3) is 0.552. The number of pyridine rings is 1. The van der Waals surface area contributed by atoms with Crippen LogP contribution in [0.4, 0.5) is 32.8 Å². The lowest BCUT2D eigenvalue weighted by atomic mass is 9.59. The quantitative estimate of drug-likeness (QED) is 0.0417. The number of ether oxygens (including phenoxy) is 4. The fourth-order valence-corrected chi connectivity index (χ4v) is 16.0. The number of aromatic amines is 1. The molecule has 21 nitrogen and oxygen atoms in total. The first-order chi connectivity index (χ1) is 38.9. The molecule has 0 radical (unpaired) electrons. The van der Waals surface area contributed by atoms with Crippen molar-refractivity contribution in [3.05, 3.63) is 99.7 Å². The van der Waals surface area contributed by atoms with Gasteiger partial charge in [-0.1, -0.05) is 38.1 Å². The van der Waals surface area contributed by atoms with Gasteiger partial charge >= 0.3 is 7.82 Å². The number of piperidine rings is 2. The van der Waals surface area contributed by atoms with Gasteiger partial charge in [0.05, 0.1) is 51.0 Å². The Morgan fingerprint density at radius 2 is 1.71 bits per heavy atom. The average molecular weight is 1170 g/mol. The Kier molecular flexibility index (Phi) is 14.5. The monoisotopic (exact) mass is 1170 g/mol. The number of amides is 1. The van der Waals surface area contributed by atoms with E-state index in [4.69, 9.17) is 28.5 Å². The maximum Gasteiger partial charge on any atom is 0.470 e. The zero-order valence-electron chi connectivity index (χ0n) is 46.8. The maximum absolute atomic E-state index is 16.7. The zero-order chi connectivity index (χ0) is 57.7. The number of anilines is 4. The lowest BCUT2D eigenvalue weighted by molar-refractivity contribution is -0.384. The summed E-state index contributed by atoms with van der Waals surface area (Å²) in [6, 6.07) is 19.2. The molecular formula is C58H72FN8O13PS. The van der Waals surface area contributed by atoms with Crippen LogP contribution < -0.4 is 29.3 Å². The van der Waals surface area contributed by atoms with Crippen LogP contribution in [0, 0.1) is 15.5 Å². The van der Waals surface area contributed by atoms with Gasteiger partial charge in [-0.25, -0.2) is 22.1 Å². The van der Waals surface area contributed by atoms with E-state index in [9.17, 15) is 37.7 Å². The lowest BCUT2D eigenvalue weighted by Gasteiger charge is -2.59. The smallest absolute Gasteiger partial charge is 0.470 e. The number of nitrogens with one attached hydrogen (secondary N) is 3. The maximum atomic E-state index is 16.7. The molecule has 1 amide bonds. The first kappa shape index (κ1) is 56.6. The van der Waals surface area contributed by atoms with Crippen molar-refractivity contribution in [3.63, 3.8) is 0 Å². The van der Waals surface area contributed by atoms with Crippen LogP contribution in [0.2, 0.25) is 0 Å². The van der Waals surface area contributed by atoms with Crippen molar-refractivity contribution in [2.45, 2.75) is 156 Å². The molecule has 7 heterocycles. The number of hydrogen-bond donors (Lipinski definition) is 5. The molecular weight excluding hydrogens is 1100 g/mol. The molecule has 2 saturated carbocycles. The normalized spacial score (nSPS) is 28.5. The first-order valence-corrected chi connectivity index (χ1v) is 31.5. The van der Waals surface area contributed by atoms with E-state index in [1.54, 1.807) is 12.3 Å². The number of halogens is 1. The minimum Gasteiger partial charge on any atom is -0.489 e. The van der Waals surface area contributed by atoms with Crippen LogP contribution in [-0.2, 0) is 28.6 Å². The number of carbonyl (C=O) groups is 1. The fourth-order valence-electron chi connectivity index (χ4n) is 14.2. The third-order valence-electron chi connectivity index (χ3n) is 19.1. The Morgan fingerprint density at radius 1 is 0.951 bits per heavy atom. The number of methoxy groups -OCH3 is 1. The predicted molar refractivity (Wildman–Crippen MR) is 304 cm³/mol. The van der Waals surface area contributed by atoms with E-state index in [2.05, 4.69) is 69.9 Å². The second-order valence-electron chi connectivity index (χ2n) is 24.7. The summed E-state index contributed by atoms with van der Waals surface area (Å²) in [5.74, 6) is -0.521. The van der Waals surface area contributed by atoms with Gasteiger partial charge in [0, 0.05) is 74.8 Å². The molecule has 2 aromatic heterocycles. The molecule has 2 aliphatic carbocycles. The molecule has 24 heteroatoms. The molecule has 5 fully saturated rings. The molecule has 5 atom stereocenters. The first-order valence-electron chi connectivity index (χ1n) is 28.5. The van der Waals surface area contributed by atoms with E-state index < -0.39 is 62.7 Å². The second-order valence-corrected chi connectivity index (χ2v) is 27.5. The number of rotatable bonds is 13. The van der Waals surface area contributed by atoms with Crippen molar-refractivity contribution < 1.29 is 60.3 Å². The zero-order valence-corrected chi connectivity index (χ0v) is 48.5. The van der Waals surface area contributed by atoms with Gasteiger partial charge < -0.3 is 48.8 Å². The number of nitrogens with zero attached hydrogens (tertiary/aromatic N) is 5. The highest BCUT2D eigenvalue weighted by molar-refractivity contribution is 7.90. The standard InChI is InChI=1S/C58H72FN8O13PS/c1-35(2)40-8-6-7-9-41(40)47-32-56(4,76-5)18-24-65(47)38-30-57(31-38)19-22-64(23-20-57)37-10-11-42(44(27-37)66-43-13-25-77-33-49(43)79-54-46(66)26-36-12-21-60-52(36)62-54)53(68)63-82(74,75)39-28-45(67(69)70)51-48(29-39)78-34-50(61-51)58(59)16-14-55(3,15-17-58)80-81(71,72)73/h6-12,21,26-29,35,38,43,47,49-50,61H,13-20,22-25,30-34H2,1-5H3,(H,60,62)(H,63,68)(H2,71,72,73)/t43-,47-,49-,50-,55?,56-,58?/m0/s1. The number of carbonyl (C=O) groups excluding carboxylic acids is 1. The van der Waals surface area contributed by atoms with Gasteiger partial charge in [0.25, 0.3) is 21.6 Å². The predicted octanol–water partition coefficient (Wildman–Crippen LogP) is 9.72. The van der Waals surface area contributed by atoms with E-state index >= 15 is 4.39 Å². The van der Waals surface area contributed by atoms with Gasteiger partial charge in [-0.2, -0.15) is 4.98 Å². The van der Waals surface area contributed by atoms with Crippen molar-refractivity contribution >= 4 is 63.2 Å². The number of sulfonamides is 1. The third kappa shape index (κ3) is 10.6. The Morgan fingerprint density at radius 3 is 2.43 bits per heavy atom. The Balaban J connectivity index is 0.818. The van der Waals surface area contributed by atoms with Crippen molar-refractivity contribution in [1.29, 1.82) is 0 Å². The Labute approximate surface area is 476 Å². The Bertz CT molecular complexity index is 3470. The molecule has 1 spiro atoms. The summed E-state index contributed by atoms with van der Waals surface area (Å²) in [6.45, 7) is 11.1. The SMILES string of the molecule is CO[C@@]1(C)CCN(C2CC3(CCN(c4ccc(C(=O)NS(=O)(=O)c5cc6c(c([N+](=O)[O-])c5)N[C@H](C5(F)CCC(C)(OP(=O)(O)O)CC5)CO6)c(N5c6cc7cc[nH]c7nc6O[C@H]6COCC[C@@H]65)c4)CC3)C2)[C@H](c2ccccc2C(C)C)C1. The van der Waals surface area contributed by atoms with Gasteiger partial charge in [0.15, 0.2) is 11.4 Å². The summed E-state index contributed by atoms with van der Waals surface area (Å²) in [6.07, 6.45) is 7.33. The number of benzene rings is 3. The number of fused-ring (bicyclic) bond motifs is 4. The van der Waals surface area contributed by atoms with Gasteiger partial charge in [0.2, 0.25) is 5.88 Å². The molecule has 3 saturated heterocycles. The van der Waals surface area contributed by atoms with Crippen LogP contribution in [0.15, 0.2) is 77.8 Å². The highest BCUT2D eigenvalue weighted by Gasteiger charge is 2.53. The number of alkyl halides is 1. The molecule has 0 unspecified atom stereocenters. The van der Waals surface area contributed by atoms with Crippen LogP contribution in [0.1, 0.15) is 132 Å². The van der Waals surface area contributed by atoms with E-state index in [0.29, 0.717) is 47.9 Å². The van der Waals surface area contributed by atoms with Gasteiger partial charge in [-0.05, 0) is 137 Å². The number of aromatic nitrogens is 2. The number of hydrogen-bond acceptors (Lipinski definition) is 16. The van der Waals surface area contributed by atoms with Gasteiger partial charge in [-0.15, -0.1) is 0 Å². The summed E-state index contributed by atoms with van der Waals surface area (Å²) in [5.41, 5.74) is 0.927. The summed E-state index contributed by atoms with van der Waals surface area (Å²) in [7, 11) is -7.91. The van der Waals surface area contributed by atoms with Crippen LogP contribution in [0.5, 0.6) is 11.6 Å².